The van der Waals surface area contributed by atoms with Gasteiger partial charge >= 0.3 is 29.6 Å². The largest absolute Gasteiger partial charge is 1.00 e. The Bertz CT molecular complexity index is 94.6. The van der Waals surface area contributed by atoms with Crippen LogP contribution in [0.5, 0.6) is 0 Å². The van der Waals surface area contributed by atoms with E-state index in [2.05, 4.69) is 4.18 Å². The first-order valence-electron chi connectivity index (χ1n) is 1.86. The van der Waals surface area contributed by atoms with Gasteiger partial charge in [0.15, 0.2) is 0 Å². The van der Waals surface area contributed by atoms with Gasteiger partial charge in [0.1, 0.15) is 0 Å². The van der Waals surface area contributed by atoms with Crippen molar-refractivity contribution in [2.75, 3.05) is 6.61 Å². The molecular weight excluding hydrogens is 155 g/mol. The van der Waals surface area contributed by atoms with Crippen molar-refractivity contribution in [3.05, 3.63) is 0 Å². The van der Waals surface area contributed by atoms with E-state index >= 15 is 0 Å². The predicted molar refractivity (Wildman–Crippen MR) is 28.1 cm³/mol. The molecule has 5 nitrogen and oxygen atoms in total. The van der Waals surface area contributed by atoms with Crippen LogP contribution in [0.25, 0.3) is 0 Å². The van der Waals surface area contributed by atoms with Crippen LogP contribution in [-0.2, 0) is 15.5 Å². The zero-order chi connectivity index (χ0) is 6.57. The van der Waals surface area contributed by atoms with E-state index in [9.17, 15) is 8.76 Å². The molecule has 0 saturated carbocycles. The minimum Gasteiger partial charge on any atom is -1.00 e. The van der Waals surface area contributed by atoms with Crippen LogP contribution >= 0.6 is 0 Å². The van der Waals surface area contributed by atoms with Gasteiger partial charge in [0.05, 0.1) is 24.1 Å². The molecule has 0 bridgehead atoms. The van der Waals surface area contributed by atoms with Gasteiger partial charge in [0, 0.05) is 0 Å². The molecule has 4 N–H and O–H groups in total. The molecule has 0 rings (SSSR count). The quantitative estimate of drug-likeness (QED) is 0.247. The molecule has 0 aliphatic heterocycles. The van der Waals surface area contributed by atoms with E-state index in [4.69, 9.17) is 11.5 Å². The van der Waals surface area contributed by atoms with Crippen molar-refractivity contribution in [3.8, 4) is 0 Å². The Labute approximate surface area is 79.4 Å². The van der Waals surface area contributed by atoms with Crippen molar-refractivity contribution < 1.29 is 43.9 Å². The van der Waals surface area contributed by atoms with Crippen LogP contribution in [-0.4, -0.2) is 21.5 Å². The maximum atomic E-state index is 9.57. The molecule has 9 heavy (non-hydrogen) atoms. The third kappa shape index (κ3) is 12.2. The Kier molecular flexibility index (Phi) is 9.98. The Morgan fingerprint density at radius 1 is 1.78 bits per heavy atom. The number of hydrogen-bond acceptors (Lipinski definition) is 5. The summed E-state index contributed by atoms with van der Waals surface area (Å²) in [5.41, 5.74) is 9.84. The van der Waals surface area contributed by atoms with Crippen LogP contribution < -0.4 is 41.0 Å². The summed E-state index contributed by atoms with van der Waals surface area (Å²) >= 11 is -2.50. The summed E-state index contributed by atoms with van der Waals surface area (Å²) in [7, 11) is 0. The van der Waals surface area contributed by atoms with E-state index in [1.807, 2.05) is 0 Å². The third-order valence-corrected chi connectivity index (χ3v) is 0.685. The van der Waals surface area contributed by atoms with Crippen LogP contribution in [0.15, 0.2) is 0 Å². The number of rotatable bonds is 3. The van der Waals surface area contributed by atoms with Crippen molar-refractivity contribution >= 4 is 11.4 Å². The Morgan fingerprint density at radius 3 is 2.33 bits per heavy atom. The van der Waals surface area contributed by atoms with Crippen LogP contribution in [0.3, 0.4) is 0 Å². The van der Waals surface area contributed by atoms with E-state index in [0.717, 1.165) is 0 Å². The molecule has 0 spiro atoms. The van der Waals surface area contributed by atoms with Crippen LogP contribution in [0.2, 0.25) is 0 Å². The summed E-state index contributed by atoms with van der Waals surface area (Å²) in [6.45, 7) is -0.171. The molecule has 0 aromatic heterocycles. The molecule has 0 saturated heterocycles. The summed E-state index contributed by atoms with van der Waals surface area (Å²) in [5.74, 6) is 0. The predicted octanol–water partition coefficient (Wildman–Crippen LogP) is -4.84. The molecule has 0 aliphatic rings. The Morgan fingerprint density at radius 2 is 2.22 bits per heavy atom. The van der Waals surface area contributed by atoms with E-state index in [1.54, 1.807) is 0 Å². The minimum absolute atomic E-state index is 0. The van der Waals surface area contributed by atoms with E-state index in [0.29, 0.717) is 0 Å². The number of nitrogens with two attached hydrogens (primary N) is 2. The molecule has 0 aromatic rings. The molecule has 1 atom stereocenters. The van der Waals surface area contributed by atoms with E-state index in [1.165, 1.54) is 0 Å². The first-order valence-corrected chi connectivity index (χ1v) is 2.86. The van der Waals surface area contributed by atoms with Gasteiger partial charge in [-0.15, -0.1) is 0 Å². The smallest absolute Gasteiger partial charge is 1.00 e. The second-order valence-electron chi connectivity index (χ2n) is 1.15. The van der Waals surface area contributed by atoms with Crippen molar-refractivity contribution in [2.24, 2.45) is 11.5 Å². The van der Waals surface area contributed by atoms with Gasteiger partial charge in [-0.1, -0.05) is 0 Å². The summed E-state index contributed by atoms with van der Waals surface area (Å²) in [5, 5.41) is 0. The monoisotopic (exact) mass is 163 g/mol. The van der Waals surface area contributed by atoms with Gasteiger partial charge in [-0.2, -0.15) is 0 Å². The third-order valence-electron chi connectivity index (χ3n) is 0.357. The molecule has 0 amide bonds. The van der Waals surface area contributed by atoms with Crippen LogP contribution in [0, 0.1) is 0 Å². The molecule has 0 fully saturated rings. The molecule has 7 heteroatoms. The van der Waals surface area contributed by atoms with Crippen LogP contribution in [0.1, 0.15) is 1.43 Å². The normalized spacial score (nSPS) is 12.9. The molecule has 0 aromatic carbocycles. The van der Waals surface area contributed by atoms with Crippen molar-refractivity contribution in [2.45, 2.75) is 6.17 Å². The van der Waals surface area contributed by atoms with Gasteiger partial charge in [0.2, 0.25) is 0 Å². The SMILES string of the molecule is NC(N)COS(=O)[O-].[H-].[Na+]. The first kappa shape index (κ1) is 12.6. The average molecular weight is 163 g/mol. The van der Waals surface area contributed by atoms with Crippen molar-refractivity contribution in [1.82, 2.24) is 0 Å². The zero-order valence-corrected chi connectivity index (χ0v) is 7.89. The topological polar surface area (TPSA) is 101 Å². The fraction of sp³-hybridized carbons (Fsp3) is 1.00. The van der Waals surface area contributed by atoms with Gasteiger partial charge in [-0.3, -0.25) is 4.18 Å². The molecule has 0 heterocycles. The second-order valence-corrected chi connectivity index (χ2v) is 1.80. The molecule has 0 radical (unpaired) electrons. The molecular formula is C2H8N2NaO3S-. The second kappa shape index (κ2) is 7.10. The fourth-order valence-electron chi connectivity index (χ4n) is 0.134. The van der Waals surface area contributed by atoms with Gasteiger partial charge in [0.25, 0.3) is 0 Å². The van der Waals surface area contributed by atoms with Gasteiger partial charge < -0.3 is 17.4 Å². The number of hydrogen-bond donors (Lipinski definition) is 2. The van der Waals surface area contributed by atoms with Crippen molar-refractivity contribution in [3.63, 3.8) is 0 Å². The minimum atomic E-state index is -2.50. The van der Waals surface area contributed by atoms with E-state index in [-0.39, 0.29) is 37.6 Å². The summed E-state index contributed by atoms with van der Waals surface area (Å²) in [6.07, 6.45) is -0.729. The first-order chi connectivity index (χ1) is 3.63. The summed E-state index contributed by atoms with van der Waals surface area (Å²) in [6, 6.07) is 0. The van der Waals surface area contributed by atoms with Crippen LogP contribution in [0.4, 0.5) is 0 Å². The summed E-state index contributed by atoms with van der Waals surface area (Å²) < 4.78 is 23.1. The van der Waals surface area contributed by atoms with Gasteiger partial charge in [-0.25, -0.2) is 4.21 Å². The summed E-state index contributed by atoms with van der Waals surface area (Å²) in [4.78, 5) is 0. The molecule has 1 unspecified atom stereocenters. The van der Waals surface area contributed by atoms with Gasteiger partial charge in [-0.05, 0) is 0 Å². The van der Waals surface area contributed by atoms with Crippen molar-refractivity contribution in [1.29, 1.82) is 0 Å². The molecule has 52 valence electrons. The molecule has 0 aliphatic carbocycles. The Hall–Kier alpha value is 0.990. The zero-order valence-electron chi connectivity index (χ0n) is 6.07. The van der Waals surface area contributed by atoms with E-state index < -0.39 is 17.5 Å². The Balaban J connectivity index is -0.000000245. The fourth-order valence-corrected chi connectivity index (χ4v) is 0.402. The standard InChI is InChI=1S/C2H8N2O3S.Na.H/c3-2(4)1-7-8(5)6;;/h2H,1,3-4H2,(H,5,6);;/q;+1;-1/p-1. The maximum Gasteiger partial charge on any atom is 1.00 e. The maximum absolute atomic E-state index is 9.57. The average Bonchev–Trinajstić information content (AvgIpc) is 1.61.